The minimum atomic E-state index is -4.50. The standard InChI is InChI=1S/C14H12F5N3O2S2/c15-9-2-1-3-10(16)12(9)26(23,24)22-6-4-21(5-7-22)13-20-8-11(25-13)14(17,18)19/h1-3,8H,4-7H2. The van der Waals surface area contributed by atoms with Crippen LogP contribution in [0.3, 0.4) is 0 Å². The normalized spacial score (nSPS) is 16.9. The Kier molecular flexibility index (Phi) is 4.92. The second-order valence-corrected chi connectivity index (χ2v) is 8.33. The molecule has 0 unspecified atom stereocenters. The molecule has 3 rings (SSSR count). The van der Waals surface area contributed by atoms with Crippen LogP contribution < -0.4 is 4.90 Å². The van der Waals surface area contributed by atoms with E-state index in [9.17, 15) is 30.4 Å². The number of hydrogen-bond acceptors (Lipinski definition) is 5. The van der Waals surface area contributed by atoms with Gasteiger partial charge in [-0.05, 0) is 12.1 Å². The molecule has 1 aromatic heterocycles. The number of sulfonamides is 1. The zero-order valence-corrected chi connectivity index (χ0v) is 14.6. The van der Waals surface area contributed by atoms with Gasteiger partial charge in [0.15, 0.2) is 10.0 Å². The number of thiazole rings is 1. The van der Waals surface area contributed by atoms with Gasteiger partial charge in [-0.25, -0.2) is 22.2 Å². The molecule has 1 aliphatic heterocycles. The third-order valence-electron chi connectivity index (χ3n) is 3.80. The average molecular weight is 413 g/mol. The van der Waals surface area contributed by atoms with E-state index >= 15 is 0 Å². The summed E-state index contributed by atoms with van der Waals surface area (Å²) in [6, 6.07) is 2.75. The summed E-state index contributed by atoms with van der Waals surface area (Å²) in [7, 11) is -4.39. The van der Waals surface area contributed by atoms with E-state index in [2.05, 4.69) is 4.98 Å². The predicted octanol–water partition coefficient (Wildman–Crippen LogP) is 2.95. The monoisotopic (exact) mass is 413 g/mol. The first-order valence-corrected chi connectivity index (χ1v) is 9.58. The Morgan fingerprint density at radius 1 is 1.04 bits per heavy atom. The van der Waals surface area contributed by atoms with Crippen LogP contribution in [0, 0.1) is 11.6 Å². The molecule has 12 heteroatoms. The number of aromatic nitrogens is 1. The number of halogens is 5. The zero-order chi connectivity index (χ0) is 19.1. The predicted molar refractivity (Wildman–Crippen MR) is 84.4 cm³/mol. The van der Waals surface area contributed by atoms with Crippen molar-refractivity contribution in [3.63, 3.8) is 0 Å². The van der Waals surface area contributed by atoms with E-state index in [0.29, 0.717) is 11.3 Å². The number of alkyl halides is 3. The van der Waals surface area contributed by atoms with E-state index in [4.69, 9.17) is 0 Å². The number of hydrogen-bond donors (Lipinski definition) is 0. The summed E-state index contributed by atoms with van der Waals surface area (Å²) in [6.07, 6.45) is -3.78. The van der Waals surface area contributed by atoms with Crippen LogP contribution in [0.5, 0.6) is 0 Å². The lowest BCUT2D eigenvalue weighted by atomic mass is 10.3. The van der Waals surface area contributed by atoms with Gasteiger partial charge in [0.05, 0.1) is 6.20 Å². The smallest absolute Gasteiger partial charge is 0.345 e. The Labute approximate surface area is 149 Å². The lowest BCUT2D eigenvalue weighted by Crippen LogP contribution is -2.49. The summed E-state index contributed by atoms with van der Waals surface area (Å²) in [4.78, 5) is 3.34. The van der Waals surface area contributed by atoms with Crippen LogP contribution in [0.2, 0.25) is 0 Å². The van der Waals surface area contributed by atoms with Gasteiger partial charge in [-0.1, -0.05) is 17.4 Å². The first-order chi connectivity index (χ1) is 12.1. The Morgan fingerprint density at radius 2 is 1.62 bits per heavy atom. The van der Waals surface area contributed by atoms with Crippen LogP contribution in [0.25, 0.3) is 0 Å². The molecular weight excluding hydrogens is 401 g/mol. The van der Waals surface area contributed by atoms with Gasteiger partial charge in [-0.15, -0.1) is 0 Å². The Morgan fingerprint density at radius 3 is 2.12 bits per heavy atom. The SMILES string of the molecule is O=S(=O)(c1c(F)cccc1F)N1CCN(c2ncc(C(F)(F)F)s2)CC1. The number of nitrogens with zero attached hydrogens (tertiary/aromatic N) is 3. The fraction of sp³-hybridized carbons (Fsp3) is 0.357. The van der Waals surface area contributed by atoms with E-state index < -0.39 is 37.6 Å². The zero-order valence-electron chi connectivity index (χ0n) is 13.0. The maximum Gasteiger partial charge on any atom is 0.427 e. The van der Waals surface area contributed by atoms with Crippen molar-refractivity contribution in [3.8, 4) is 0 Å². The second-order valence-electron chi connectivity index (χ2n) is 5.45. The Hall–Kier alpha value is -1.79. The van der Waals surface area contributed by atoms with Crippen molar-refractivity contribution in [1.29, 1.82) is 0 Å². The van der Waals surface area contributed by atoms with Crippen LogP contribution in [0.1, 0.15) is 4.88 Å². The molecule has 0 atom stereocenters. The molecule has 0 N–H and O–H groups in total. The largest absolute Gasteiger partial charge is 0.427 e. The molecule has 5 nitrogen and oxygen atoms in total. The van der Waals surface area contributed by atoms with Crippen molar-refractivity contribution in [1.82, 2.24) is 9.29 Å². The van der Waals surface area contributed by atoms with Gasteiger partial charge >= 0.3 is 6.18 Å². The van der Waals surface area contributed by atoms with Gasteiger partial charge in [0.1, 0.15) is 16.5 Å². The highest BCUT2D eigenvalue weighted by molar-refractivity contribution is 7.89. The third-order valence-corrected chi connectivity index (χ3v) is 6.85. The molecule has 0 spiro atoms. The van der Waals surface area contributed by atoms with Crippen molar-refractivity contribution < 1.29 is 30.4 Å². The molecule has 0 radical (unpaired) electrons. The average Bonchev–Trinajstić information content (AvgIpc) is 3.05. The molecule has 0 amide bonds. The maximum atomic E-state index is 13.8. The number of anilines is 1. The lowest BCUT2D eigenvalue weighted by molar-refractivity contribution is -0.134. The highest BCUT2D eigenvalue weighted by atomic mass is 32.2. The Bertz CT molecular complexity index is 885. The summed E-state index contributed by atoms with van der Waals surface area (Å²) < 4.78 is 91.4. The topological polar surface area (TPSA) is 53.5 Å². The van der Waals surface area contributed by atoms with Crippen molar-refractivity contribution in [2.45, 2.75) is 11.1 Å². The van der Waals surface area contributed by atoms with Crippen LogP contribution >= 0.6 is 11.3 Å². The van der Waals surface area contributed by atoms with Gasteiger partial charge in [0, 0.05) is 26.2 Å². The summed E-state index contributed by atoms with van der Waals surface area (Å²) in [5, 5.41) is 0.117. The molecular formula is C14H12F5N3O2S2. The lowest BCUT2D eigenvalue weighted by Gasteiger charge is -2.33. The van der Waals surface area contributed by atoms with Gasteiger partial charge in [0.25, 0.3) is 0 Å². The van der Waals surface area contributed by atoms with Crippen molar-refractivity contribution >= 4 is 26.5 Å². The molecule has 0 aliphatic carbocycles. The molecule has 26 heavy (non-hydrogen) atoms. The quantitative estimate of drug-likeness (QED) is 0.727. The molecule has 1 aliphatic rings. The number of rotatable bonds is 3. The maximum absolute atomic E-state index is 13.8. The molecule has 0 bridgehead atoms. The molecule has 2 aromatic rings. The van der Waals surface area contributed by atoms with Gasteiger partial charge in [-0.3, -0.25) is 0 Å². The molecule has 142 valence electrons. The molecule has 1 saturated heterocycles. The van der Waals surface area contributed by atoms with Gasteiger partial charge in [0.2, 0.25) is 10.0 Å². The summed E-state index contributed by atoms with van der Waals surface area (Å²) in [5.74, 6) is -2.38. The molecule has 1 fully saturated rings. The highest BCUT2D eigenvalue weighted by Crippen LogP contribution is 2.36. The number of piperazine rings is 1. The fourth-order valence-corrected chi connectivity index (χ4v) is 4.89. The van der Waals surface area contributed by atoms with E-state index in [-0.39, 0.29) is 31.3 Å². The highest BCUT2D eigenvalue weighted by Gasteiger charge is 2.36. The van der Waals surface area contributed by atoms with E-state index in [1.165, 1.54) is 4.90 Å². The van der Waals surface area contributed by atoms with Gasteiger partial charge in [-0.2, -0.15) is 17.5 Å². The van der Waals surface area contributed by atoms with Crippen LogP contribution in [0.15, 0.2) is 29.3 Å². The van der Waals surface area contributed by atoms with Gasteiger partial charge < -0.3 is 4.90 Å². The summed E-state index contributed by atoms with van der Waals surface area (Å²) in [6.45, 7) is -0.145. The molecule has 2 heterocycles. The minimum absolute atomic E-state index is 0.0557. The van der Waals surface area contributed by atoms with E-state index in [1.807, 2.05) is 0 Å². The summed E-state index contributed by atoms with van der Waals surface area (Å²) in [5.41, 5.74) is 0. The van der Waals surface area contributed by atoms with Crippen LogP contribution in [-0.4, -0.2) is 43.9 Å². The second kappa shape index (κ2) is 6.74. The summed E-state index contributed by atoms with van der Waals surface area (Å²) >= 11 is 0.458. The molecule has 1 aromatic carbocycles. The first-order valence-electron chi connectivity index (χ1n) is 7.33. The Balaban J connectivity index is 1.75. The first kappa shape index (κ1) is 19.0. The fourth-order valence-electron chi connectivity index (χ4n) is 2.52. The van der Waals surface area contributed by atoms with E-state index in [0.717, 1.165) is 28.7 Å². The van der Waals surface area contributed by atoms with Crippen LogP contribution in [0.4, 0.5) is 27.1 Å². The van der Waals surface area contributed by atoms with Crippen molar-refractivity contribution in [2.75, 3.05) is 31.1 Å². The van der Waals surface area contributed by atoms with Crippen LogP contribution in [-0.2, 0) is 16.2 Å². The minimum Gasteiger partial charge on any atom is -0.345 e. The molecule has 0 saturated carbocycles. The van der Waals surface area contributed by atoms with Crippen molar-refractivity contribution in [3.05, 3.63) is 40.9 Å². The van der Waals surface area contributed by atoms with Crippen molar-refractivity contribution in [2.24, 2.45) is 0 Å². The van der Waals surface area contributed by atoms with E-state index in [1.54, 1.807) is 0 Å². The number of benzene rings is 1. The third kappa shape index (κ3) is 3.53.